The van der Waals surface area contributed by atoms with E-state index in [-0.39, 0.29) is 11.7 Å². The molecule has 4 aromatic rings. The Balaban J connectivity index is 1.70. The number of thiophene rings is 1. The second kappa shape index (κ2) is 10.4. The van der Waals surface area contributed by atoms with Gasteiger partial charge >= 0.3 is 0 Å². The van der Waals surface area contributed by atoms with E-state index < -0.39 is 6.10 Å². The van der Waals surface area contributed by atoms with E-state index in [1.54, 1.807) is 24.3 Å². The molecule has 3 aromatic carbocycles. The Bertz CT molecular complexity index is 1350. The highest BCUT2D eigenvalue weighted by Crippen LogP contribution is 2.40. The van der Waals surface area contributed by atoms with E-state index in [1.165, 1.54) is 32.7 Å². The first-order valence-electron chi connectivity index (χ1n) is 10.6. The quantitative estimate of drug-likeness (QED) is 0.225. The lowest BCUT2D eigenvalue weighted by Gasteiger charge is -2.21. The van der Waals surface area contributed by atoms with Gasteiger partial charge in [0.05, 0.1) is 26.2 Å². The van der Waals surface area contributed by atoms with Crippen molar-refractivity contribution in [3.8, 4) is 23.0 Å². The third-order valence-electron chi connectivity index (χ3n) is 5.30. The van der Waals surface area contributed by atoms with E-state index in [1.807, 2.05) is 42.5 Å². The molecule has 0 spiro atoms. The molecule has 0 saturated heterocycles. The van der Waals surface area contributed by atoms with E-state index in [2.05, 4.69) is 5.32 Å². The van der Waals surface area contributed by atoms with Crippen LogP contribution in [0.1, 0.15) is 16.5 Å². The molecule has 35 heavy (non-hydrogen) atoms. The van der Waals surface area contributed by atoms with Gasteiger partial charge in [0, 0.05) is 33.5 Å². The molecule has 1 unspecified atom stereocenters. The largest absolute Gasteiger partial charge is 0.493 e. The summed E-state index contributed by atoms with van der Waals surface area (Å²) in [6, 6.07) is 19.9. The molecule has 4 N–H and O–H groups in total. The number of nitrogens with two attached hydrogens (primary N) is 1. The van der Waals surface area contributed by atoms with Crippen LogP contribution in [0.4, 0.5) is 5.69 Å². The Labute approximate surface area is 206 Å². The molecule has 0 bridgehead atoms. The van der Waals surface area contributed by atoms with Gasteiger partial charge in [0.15, 0.2) is 11.5 Å². The molecule has 0 radical (unpaired) electrons. The summed E-state index contributed by atoms with van der Waals surface area (Å²) in [7, 11) is 4.53. The van der Waals surface area contributed by atoms with Crippen molar-refractivity contribution in [2.75, 3.05) is 26.6 Å². The van der Waals surface area contributed by atoms with E-state index in [0.29, 0.717) is 39.1 Å². The third-order valence-corrected chi connectivity index (χ3v) is 6.44. The Morgan fingerprint density at radius 2 is 1.60 bits per heavy atom. The minimum Gasteiger partial charge on any atom is -0.493 e. The average molecular weight is 492 g/mol. The number of hydrogen-bond acceptors (Lipinski definition) is 7. The van der Waals surface area contributed by atoms with Gasteiger partial charge in [-0.05, 0) is 18.2 Å². The molecule has 180 valence electrons. The van der Waals surface area contributed by atoms with Crippen LogP contribution >= 0.6 is 11.3 Å². The van der Waals surface area contributed by atoms with Crippen molar-refractivity contribution in [3.63, 3.8) is 0 Å². The zero-order chi connectivity index (χ0) is 24.9. The molecule has 1 aromatic heterocycles. The average Bonchev–Trinajstić information content (AvgIpc) is 3.32. The van der Waals surface area contributed by atoms with Gasteiger partial charge < -0.3 is 30.0 Å². The van der Waals surface area contributed by atoms with E-state index in [0.717, 1.165) is 10.1 Å². The number of benzene rings is 3. The van der Waals surface area contributed by atoms with Crippen LogP contribution in [0.25, 0.3) is 10.1 Å². The van der Waals surface area contributed by atoms with Gasteiger partial charge in [-0.3, -0.25) is 10.2 Å². The van der Waals surface area contributed by atoms with Crippen molar-refractivity contribution in [2.45, 2.75) is 6.10 Å². The maximum Gasteiger partial charge on any atom is 0.270 e. The number of hydrogen-bond donors (Lipinski definition) is 3. The van der Waals surface area contributed by atoms with Crippen LogP contribution in [0.15, 0.2) is 66.7 Å². The van der Waals surface area contributed by atoms with Crippen LogP contribution in [0.5, 0.6) is 23.0 Å². The summed E-state index contributed by atoms with van der Waals surface area (Å²) in [5, 5.41) is 11.4. The topological polar surface area (TPSA) is 116 Å². The lowest BCUT2D eigenvalue weighted by atomic mass is 10.1. The molecule has 8 nitrogen and oxygen atoms in total. The predicted octanol–water partition coefficient (Wildman–Crippen LogP) is 4.97. The van der Waals surface area contributed by atoms with E-state index >= 15 is 0 Å². The van der Waals surface area contributed by atoms with Gasteiger partial charge in [0.2, 0.25) is 11.9 Å². The Hall–Kier alpha value is -4.24. The summed E-state index contributed by atoms with van der Waals surface area (Å²) in [5.41, 5.74) is 6.82. The van der Waals surface area contributed by atoms with Crippen molar-refractivity contribution in [2.24, 2.45) is 5.73 Å². The van der Waals surface area contributed by atoms with Crippen molar-refractivity contribution in [1.82, 2.24) is 0 Å². The molecule has 0 aliphatic rings. The monoisotopic (exact) mass is 491 g/mol. The van der Waals surface area contributed by atoms with Crippen molar-refractivity contribution < 1.29 is 23.7 Å². The van der Waals surface area contributed by atoms with Gasteiger partial charge in [-0.2, -0.15) is 0 Å². The molecular formula is C26H25N3O5S. The smallest absolute Gasteiger partial charge is 0.270 e. The fraction of sp³-hybridized carbons (Fsp3) is 0.154. The molecule has 1 atom stereocenters. The van der Waals surface area contributed by atoms with Crippen LogP contribution in [0, 0.1) is 5.41 Å². The van der Waals surface area contributed by atoms with Gasteiger partial charge in [-0.15, -0.1) is 11.3 Å². The van der Waals surface area contributed by atoms with Crippen LogP contribution in [0.2, 0.25) is 0 Å². The molecule has 0 fully saturated rings. The van der Waals surface area contributed by atoms with Gasteiger partial charge in [0.25, 0.3) is 5.91 Å². The van der Waals surface area contributed by atoms with Crippen molar-refractivity contribution in [1.29, 1.82) is 5.41 Å². The number of anilines is 1. The summed E-state index contributed by atoms with van der Waals surface area (Å²) >= 11 is 1.40. The number of amidine groups is 1. The number of amides is 1. The molecule has 0 aliphatic carbocycles. The van der Waals surface area contributed by atoms with Gasteiger partial charge in [-0.1, -0.05) is 36.4 Å². The molecular weight excluding hydrogens is 466 g/mol. The summed E-state index contributed by atoms with van der Waals surface area (Å²) < 4.78 is 23.4. The lowest BCUT2D eigenvalue weighted by molar-refractivity contribution is -0.123. The van der Waals surface area contributed by atoms with Crippen LogP contribution in [-0.2, 0) is 4.79 Å². The molecule has 1 heterocycles. The summed E-state index contributed by atoms with van der Waals surface area (Å²) in [4.78, 5) is 14.2. The number of methoxy groups -OCH3 is 3. The van der Waals surface area contributed by atoms with Crippen LogP contribution in [0.3, 0.4) is 0 Å². The molecule has 4 rings (SSSR count). The minimum atomic E-state index is -0.957. The number of carbonyl (C=O) groups excluding carboxylic acids is 1. The Morgan fingerprint density at radius 3 is 2.20 bits per heavy atom. The summed E-state index contributed by atoms with van der Waals surface area (Å²) in [6.45, 7) is 0. The SMILES string of the molecule is COc1cc(NC(=O)C(Oc2cccc3sc(C(=N)N)cc23)c2ccccc2)cc(OC)c1OC. The van der Waals surface area contributed by atoms with Gasteiger partial charge in [-0.25, -0.2) is 0 Å². The summed E-state index contributed by atoms with van der Waals surface area (Å²) in [5.74, 6) is 1.37. The van der Waals surface area contributed by atoms with E-state index in [4.69, 9.17) is 30.1 Å². The molecule has 9 heteroatoms. The van der Waals surface area contributed by atoms with E-state index in [9.17, 15) is 4.79 Å². The standard InChI is InChI=1S/C26H25N3O5S/c1-31-19-12-16(13-20(32-2)24(19)33-3)29-26(30)23(15-8-5-4-6-9-15)34-18-10-7-11-21-17(18)14-22(35-21)25(27)28/h4-14,23H,1-3H3,(H3,27,28)(H,29,30). The van der Waals surface area contributed by atoms with Crippen LogP contribution < -0.4 is 30.0 Å². The fourth-order valence-corrected chi connectivity index (χ4v) is 4.60. The molecule has 0 saturated carbocycles. The Kier molecular flexibility index (Phi) is 7.07. The highest BCUT2D eigenvalue weighted by Gasteiger charge is 2.25. The second-order valence-electron chi connectivity index (χ2n) is 7.50. The molecule has 1 amide bonds. The maximum absolute atomic E-state index is 13.5. The third kappa shape index (κ3) is 4.99. The first-order valence-corrected chi connectivity index (χ1v) is 11.5. The highest BCUT2D eigenvalue weighted by atomic mass is 32.1. The number of carbonyl (C=O) groups is 1. The number of nitrogen functional groups attached to an aromatic ring is 1. The number of nitrogens with one attached hydrogen (secondary N) is 2. The number of rotatable bonds is 9. The maximum atomic E-state index is 13.5. The zero-order valence-electron chi connectivity index (χ0n) is 19.5. The highest BCUT2D eigenvalue weighted by molar-refractivity contribution is 7.20. The second-order valence-corrected chi connectivity index (χ2v) is 8.59. The summed E-state index contributed by atoms with van der Waals surface area (Å²) in [6.07, 6.45) is -0.957. The lowest BCUT2D eigenvalue weighted by Crippen LogP contribution is -2.25. The first-order chi connectivity index (χ1) is 16.9. The Morgan fingerprint density at radius 1 is 0.914 bits per heavy atom. The predicted molar refractivity (Wildman–Crippen MR) is 137 cm³/mol. The number of ether oxygens (including phenoxy) is 4. The fourth-order valence-electron chi connectivity index (χ4n) is 3.66. The minimum absolute atomic E-state index is 0.0168. The normalized spacial score (nSPS) is 11.5. The molecule has 0 aliphatic heterocycles. The van der Waals surface area contributed by atoms with Crippen molar-refractivity contribution >= 4 is 38.9 Å². The first kappa shape index (κ1) is 23.9. The van der Waals surface area contributed by atoms with Crippen molar-refractivity contribution in [3.05, 3.63) is 77.2 Å². The van der Waals surface area contributed by atoms with Gasteiger partial charge in [0.1, 0.15) is 11.6 Å². The number of fused-ring (bicyclic) bond motifs is 1. The zero-order valence-corrected chi connectivity index (χ0v) is 20.3. The van der Waals surface area contributed by atoms with Crippen LogP contribution in [-0.4, -0.2) is 33.1 Å².